The number of hydrogen-bond donors (Lipinski definition) is 2. The molecule has 2 N–H and O–H groups in total. The SMILES string of the molecule is COc1ccccc1NC(=O)C(C)Sc1nc(-c2ccc(C)cc2)c(-c2ccc(C)cc2)[nH]1. The van der Waals surface area contributed by atoms with Gasteiger partial charge in [0.25, 0.3) is 0 Å². The molecule has 0 spiro atoms. The second-order valence-corrected chi connectivity index (χ2v) is 9.28. The minimum absolute atomic E-state index is 0.116. The second-order valence-electron chi connectivity index (χ2n) is 7.95. The summed E-state index contributed by atoms with van der Waals surface area (Å²) in [7, 11) is 1.59. The quantitative estimate of drug-likeness (QED) is 0.311. The summed E-state index contributed by atoms with van der Waals surface area (Å²) in [5.41, 5.74) is 6.95. The molecule has 1 heterocycles. The molecule has 1 atom stereocenters. The fraction of sp³-hybridized carbons (Fsp3) is 0.185. The van der Waals surface area contributed by atoms with Crippen LogP contribution in [0.15, 0.2) is 78.0 Å². The Bertz CT molecular complexity index is 1180. The molecule has 1 amide bonds. The van der Waals surface area contributed by atoms with Crippen LogP contribution in [0.5, 0.6) is 5.75 Å². The molecular weight excluding hydrogens is 430 g/mol. The summed E-state index contributed by atoms with van der Waals surface area (Å²) in [6.45, 7) is 6.01. The number of imidazole rings is 1. The fourth-order valence-corrected chi connectivity index (χ4v) is 4.27. The maximum Gasteiger partial charge on any atom is 0.237 e. The van der Waals surface area contributed by atoms with Crippen molar-refractivity contribution in [2.75, 3.05) is 12.4 Å². The molecule has 4 aromatic rings. The van der Waals surface area contributed by atoms with Gasteiger partial charge in [-0.05, 0) is 32.9 Å². The summed E-state index contributed by atoms with van der Waals surface area (Å²) in [4.78, 5) is 21.2. The highest BCUT2D eigenvalue weighted by Crippen LogP contribution is 2.34. The maximum atomic E-state index is 12.9. The summed E-state index contributed by atoms with van der Waals surface area (Å²) in [6.07, 6.45) is 0. The lowest BCUT2D eigenvalue weighted by molar-refractivity contribution is -0.115. The van der Waals surface area contributed by atoms with Gasteiger partial charge in [-0.25, -0.2) is 4.98 Å². The molecular formula is C27H27N3O2S. The van der Waals surface area contributed by atoms with Crippen LogP contribution in [0.1, 0.15) is 18.1 Å². The number of nitrogens with zero attached hydrogens (tertiary/aromatic N) is 1. The number of methoxy groups -OCH3 is 1. The number of hydrogen-bond acceptors (Lipinski definition) is 4. The molecule has 33 heavy (non-hydrogen) atoms. The Balaban J connectivity index is 1.61. The van der Waals surface area contributed by atoms with Gasteiger partial charge >= 0.3 is 0 Å². The molecule has 0 saturated heterocycles. The van der Waals surface area contributed by atoms with Gasteiger partial charge < -0.3 is 15.0 Å². The number of aromatic amines is 1. The molecule has 5 nitrogen and oxygen atoms in total. The average Bonchev–Trinajstić information content (AvgIpc) is 3.24. The number of nitrogens with one attached hydrogen (secondary N) is 2. The Morgan fingerprint density at radius 1 is 0.939 bits per heavy atom. The topological polar surface area (TPSA) is 67.0 Å². The summed E-state index contributed by atoms with van der Waals surface area (Å²) in [6, 6.07) is 24.1. The van der Waals surface area contributed by atoms with E-state index >= 15 is 0 Å². The molecule has 0 aliphatic heterocycles. The van der Waals surface area contributed by atoms with Crippen LogP contribution in [-0.4, -0.2) is 28.2 Å². The third-order valence-corrected chi connectivity index (χ3v) is 6.35. The minimum atomic E-state index is -0.363. The normalized spacial score (nSPS) is 11.8. The van der Waals surface area contributed by atoms with Crippen LogP contribution in [0, 0.1) is 13.8 Å². The van der Waals surface area contributed by atoms with Crippen molar-refractivity contribution in [2.24, 2.45) is 0 Å². The van der Waals surface area contributed by atoms with Gasteiger partial charge in [-0.3, -0.25) is 4.79 Å². The van der Waals surface area contributed by atoms with E-state index in [0.29, 0.717) is 16.6 Å². The average molecular weight is 458 g/mol. The zero-order chi connectivity index (χ0) is 23.4. The Hall–Kier alpha value is -3.51. The van der Waals surface area contributed by atoms with Crippen molar-refractivity contribution >= 4 is 23.4 Å². The smallest absolute Gasteiger partial charge is 0.237 e. The van der Waals surface area contributed by atoms with E-state index in [9.17, 15) is 4.79 Å². The van der Waals surface area contributed by atoms with E-state index in [1.807, 2.05) is 31.2 Å². The second kappa shape index (κ2) is 9.96. The first-order valence-corrected chi connectivity index (χ1v) is 11.7. The molecule has 0 fully saturated rings. The first-order chi connectivity index (χ1) is 15.9. The monoisotopic (exact) mass is 457 g/mol. The van der Waals surface area contributed by atoms with Crippen LogP contribution in [0.25, 0.3) is 22.5 Å². The summed E-state index contributed by atoms with van der Waals surface area (Å²) in [5.74, 6) is 0.513. The predicted molar refractivity (Wildman–Crippen MR) is 136 cm³/mol. The number of aryl methyl sites for hydroxylation is 2. The largest absolute Gasteiger partial charge is 0.495 e. The highest BCUT2D eigenvalue weighted by Gasteiger charge is 2.20. The van der Waals surface area contributed by atoms with Gasteiger partial charge in [0.2, 0.25) is 5.91 Å². The first-order valence-electron chi connectivity index (χ1n) is 10.8. The number of carbonyl (C=O) groups excluding carboxylic acids is 1. The van der Waals surface area contributed by atoms with E-state index < -0.39 is 0 Å². The summed E-state index contributed by atoms with van der Waals surface area (Å²) >= 11 is 1.40. The van der Waals surface area contributed by atoms with Gasteiger partial charge in [-0.15, -0.1) is 0 Å². The molecule has 0 radical (unpaired) electrons. The Labute approximate surface area is 198 Å². The molecule has 4 rings (SSSR count). The predicted octanol–water partition coefficient (Wildman–Crippen LogP) is 6.49. The molecule has 0 aliphatic rings. The zero-order valence-electron chi connectivity index (χ0n) is 19.2. The van der Waals surface area contributed by atoms with Crippen LogP contribution in [0.2, 0.25) is 0 Å². The number of H-pyrrole nitrogens is 1. The van der Waals surface area contributed by atoms with Crippen molar-refractivity contribution in [2.45, 2.75) is 31.2 Å². The van der Waals surface area contributed by atoms with Crippen molar-refractivity contribution in [3.8, 4) is 28.3 Å². The number of benzene rings is 3. The zero-order valence-corrected chi connectivity index (χ0v) is 20.0. The maximum absolute atomic E-state index is 12.9. The van der Waals surface area contributed by atoms with Gasteiger partial charge in [0, 0.05) is 11.1 Å². The van der Waals surface area contributed by atoms with Gasteiger partial charge in [-0.2, -0.15) is 0 Å². The third kappa shape index (κ3) is 5.29. The van der Waals surface area contributed by atoms with Crippen molar-refractivity contribution in [3.63, 3.8) is 0 Å². The Morgan fingerprint density at radius 2 is 1.55 bits per heavy atom. The first kappa shape index (κ1) is 22.7. The fourth-order valence-electron chi connectivity index (χ4n) is 3.46. The molecule has 1 unspecified atom stereocenters. The number of para-hydroxylation sites is 2. The van der Waals surface area contributed by atoms with Gasteiger partial charge in [0.05, 0.1) is 29.4 Å². The molecule has 0 aliphatic carbocycles. The highest BCUT2D eigenvalue weighted by molar-refractivity contribution is 8.00. The standard InChI is InChI=1S/C27H27N3O2S/c1-17-9-13-20(14-10-17)24-25(21-15-11-18(2)12-16-21)30-27(29-24)33-19(3)26(31)28-22-7-5-6-8-23(22)32-4/h5-16,19H,1-4H3,(H,28,31)(H,29,30). The van der Waals surface area contributed by atoms with E-state index in [1.165, 1.54) is 22.9 Å². The number of carbonyl (C=O) groups is 1. The lowest BCUT2D eigenvalue weighted by Gasteiger charge is -2.13. The highest BCUT2D eigenvalue weighted by atomic mass is 32.2. The summed E-state index contributed by atoms with van der Waals surface area (Å²) < 4.78 is 5.34. The van der Waals surface area contributed by atoms with Crippen molar-refractivity contribution in [1.82, 2.24) is 9.97 Å². The van der Waals surface area contributed by atoms with E-state index in [2.05, 4.69) is 72.7 Å². The number of amides is 1. The number of ether oxygens (including phenoxy) is 1. The van der Waals surface area contributed by atoms with E-state index in [1.54, 1.807) is 7.11 Å². The van der Waals surface area contributed by atoms with Crippen LogP contribution in [-0.2, 0) is 4.79 Å². The lowest BCUT2D eigenvalue weighted by Crippen LogP contribution is -2.22. The van der Waals surface area contributed by atoms with Gasteiger partial charge in [0.1, 0.15) is 5.75 Å². The van der Waals surface area contributed by atoms with Crippen molar-refractivity contribution in [1.29, 1.82) is 0 Å². The van der Waals surface area contributed by atoms with Crippen molar-refractivity contribution in [3.05, 3.63) is 83.9 Å². The van der Waals surface area contributed by atoms with E-state index in [4.69, 9.17) is 9.72 Å². The Morgan fingerprint density at radius 3 is 2.18 bits per heavy atom. The van der Waals surface area contributed by atoms with E-state index in [0.717, 1.165) is 22.5 Å². The molecule has 1 aromatic heterocycles. The summed E-state index contributed by atoms with van der Waals surface area (Å²) in [5, 5.41) is 3.29. The molecule has 0 bridgehead atoms. The number of anilines is 1. The lowest BCUT2D eigenvalue weighted by atomic mass is 10.0. The van der Waals surface area contributed by atoms with Crippen LogP contribution in [0.4, 0.5) is 5.69 Å². The van der Waals surface area contributed by atoms with Crippen molar-refractivity contribution < 1.29 is 9.53 Å². The number of thioether (sulfide) groups is 1. The van der Waals surface area contributed by atoms with Gasteiger partial charge in [0.15, 0.2) is 5.16 Å². The van der Waals surface area contributed by atoms with Gasteiger partial charge in [-0.1, -0.05) is 83.6 Å². The van der Waals surface area contributed by atoms with Crippen LogP contribution < -0.4 is 10.1 Å². The number of rotatable bonds is 7. The molecule has 6 heteroatoms. The molecule has 0 saturated carbocycles. The third-order valence-electron chi connectivity index (χ3n) is 5.37. The minimum Gasteiger partial charge on any atom is -0.495 e. The Kier molecular flexibility index (Phi) is 6.84. The number of aromatic nitrogens is 2. The molecule has 168 valence electrons. The van der Waals surface area contributed by atoms with Crippen LogP contribution in [0.3, 0.4) is 0 Å². The van der Waals surface area contributed by atoms with E-state index in [-0.39, 0.29) is 11.2 Å². The van der Waals surface area contributed by atoms with Crippen LogP contribution >= 0.6 is 11.8 Å². The molecule has 3 aromatic carbocycles.